The van der Waals surface area contributed by atoms with E-state index in [1.165, 1.54) is 0 Å². The Kier molecular flexibility index (Phi) is 30.8. The summed E-state index contributed by atoms with van der Waals surface area (Å²) in [6, 6.07) is 0.854. The zero-order valence-corrected chi connectivity index (χ0v) is 62.3. The summed E-state index contributed by atoms with van der Waals surface area (Å²) in [7, 11) is -12.1. The molecule has 0 unspecified atom stereocenters. The van der Waals surface area contributed by atoms with E-state index in [0.29, 0.717) is 0 Å². The maximum absolute atomic E-state index is 16.0. The summed E-state index contributed by atoms with van der Waals surface area (Å²) in [6.07, 6.45) is -79.3. The average Bonchev–Trinajstić information content (AvgIpc) is 0.705. The van der Waals surface area contributed by atoms with Crippen LogP contribution in [-0.2, 0) is 25.7 Å². The van der Waals surface area contributed by atoms with E-state index >= 15 is 105 Å². The number of benzene rings is 2. The highest BCUT2D eigenvalue weighted by Gasteiger charge is 3.01. The minimum absolute atomic E-state index is 0.0294. The zero-order chi connectivity index (χ0) is 104. The minimum Gasteiger partial charge on any atom is -0.199 e. The Bertz CT molecular complexity index is 3680. The van der Waals surface area contributed by atoms with Crippen LogP contribution in [0.2, 0.25) is 0 Å². The predicted molar refractivity (Wildman–Crippen MR) is 302 cm³/mol. The Morgan fingerprint density at radius 1 is 0.154 bits per heavy atom. The van der Waals surface area contributed by atoms with Crippen molar-refractivity contribution in [3.63, 3.8) is 0 Å². The molecule has 0 saturated carbocycles. The first kappa shape index (κ1) is 119. The summed E-state index contributed by atoms with van der Waals surface area (Å²) < 4.78 is 983. The maximum Gasteiger partial charge on any atom is 0.460 e. The molecule has 70 heteroatoms. The van der Waals surface area contributed by atoms with Gasteiger partial charge in [-0.3, -0.25) is 0 Å². The molecule has 0 N–H and O–H groups in total. The van der Waals surface area contributed by atoms with Crippen LogP contribution in [0.4, 0.5) is 299 Å². The van der Waals surface area contributed by atoms with Gasteiger partial charge in [-0.1, -0.05) is 48.5 Å². The number of hydrogen-bond donors (Lipinski definition) is 0. The second kappa shape index (κ2) is 33.7. The monoisotopic (exact) mass is 2110 g/mol. The van der Waals surface area contributed by atoms with Crippen molar-refractivity contribution in [2.45, 2.75) is 242 Å². The second-order valence-electron chi connectivity index (χ2n) is 28.7. The van der Waals surface area contributed by atoms with E-state index in [0.717, 1.165) is 0 Å². The maximum atomic E-state index is 16.0. The van der Waals surface area contributed by atoms with E-state index in [1.54, 1.807) is 0 Å². The van der Waals surface area contributed by atoms with E-state index < -0.39 is 328 Å². The molecule has 1 aliphatic rings. The van der Waals surface area contributed by atoms with Crippen LogP contribution in [0.1, 0.15) is 47.9 Å². The number of hydrogen-bond acceptors (Lipinski definition) is 0. The van der Waals surface area contributed by atoms with Crippen molar-refractivity contribution in [3.8, 4) is 0 Å². The van der Waals surface area contributed by atoms with Gasteiger partial charge in [0.15, 0.2) is 0 Å². The molecule has 0 aromatic heterocycles. The molecular weight excluding hydrogens is 2070 g/mol. The molecule has 764 valence electrons. The normalized spacial score (nSPS) is 18.1. The number of alkyl halides is 68. The van der Waals surface area contributed by atoms with Crippen LogP contribution in [0.15, 0.2) is 48.5 Å². The molecule has 0 aliphatic carbocycles. The summed E-state index contributed by atoms with van der Waals surface area (Å²) in [5.41, 5.74) is -5.23. The summed E-state index contributed by atoms with van der Waals surface area (Å²) in [6.45, 7) is 0. The van der Waals surface area contributed by atoms with Crippen LogP contribution >= 0.6 is 14.5 Å². The Morgan fingerprint density at radius 3 is 0.377 bits per heavy atom. The first-order chi connectivity index (χ1) is 56.1. The van der Waals surface area contributed by atoms with Crippen molar-refractivity contribution in [1.29, 1.82) is 0 Å². The van der Waals surface area contributed by atoms with Crippen molar-refractivity contribution in [1.82, 2.24) is 0 Å². The van der Waals surface area contributed by atoms with E-state index in [4.69, 9.17) is 0 Å². The summed E-state index contributed by atoms with van der Waals surface area (Å²) in [4.78, 5) is 0. The zero-order valence-electron chi connectivity index (χ0n) is 60.5. The van der Waals surface area contributed by atoms with E-state index in [2.05, 4.69) is 0 Å². The molecule has 0 amide bonds. The fourth-order valence-corrected chi connectivity index (χ4v) is 20.2. The Balaban J connectivity index is 2.66. The fourth-order valence-electron chi connectivity index (χ4n) is 11.6. The molecule has 2 aromatic carbocycles. The van der Waals surface area contributed by atoms with Gasteiger partial charge in [0.05, 0.1) is 75.0 Å². The molecule has 4 bridgehead atoms. The molecule has 0 spiro atoms. The molecule has 1 heterocycles. The molecular formula is C60H40F68P2+2. The highest BCUT2D eigenvalue weighted by atomic mass is 31.2. The largest absolute Gasteiger partial charge is 0.460 e. The van der Waals surface area contributed by atoms with Crippen LogP contribution in [0.3, 0.4) is 0 Å². The smallest absolute Gasteiger partial charge is 0.199 e. The number of rotatable bonds is 36. The first-order valence-electron chi connectivity index (χ1n) is 32.9. The van der Waals surface area contributed by atoms with Gasteiger partial charge in [-0.05, 0) is 22.3 Å². The highest BCUT2D eigenvalue weighted by molar-refractivity contribution is 7.76. The number of aryl methyl sites for hydroxylation is 4. The van der Waals surface area contributed by atoms with Gasteiger partial charge in [0, 0.05) is 40.2 Å². The lowest BCUT2D eigenvalue weighted by Gasteiger charge is -2.43. The SMILES string of the molecule is FC(F)(F)C(F)(F)C(F)(F)C(F)(F)C(F)(F)C(F)(F)C(F)(F)C(F)(F)CC[P+]1(CCC(F)(F)C(F)(F)C(F)(F)C(F)(F)C(F)(F)C(F)(F)C(F)(F)C(F)(F)F)CCc2cccc(c2)CC[P+](CCC(F)(F)C(F)(F)C(F)(F)C(F)(F)C(F)(F)C(F)(F)C(F)(F)C(F)(F)F)(CCC(F)(F)C(F)(F)C(F)(F)C(F)(F)C(F)(F)C(F)(F)C(F)(F)C(F)(F)F)CCc2cccc(c2)CC1. The summed E-state index contributed by atoms with van der Waals surface area (Å²) in [5.74, 6) is -255. The molecule has 2 aromatic rings. The van der Waals surface area contributed by atoms with E-state index in [-0.39, 0.29) is 48.5 Å². The molecule has 0 fully saturated rings. The molecule has 0 atom stereocenters. The molecule has 0 nitrogen and oxygen atoms in total. The number of fused-ring (bicyclic) bond motifs is 4. The van der Waals surface area contributed by atoms with Crippen molar-refractivity contribution in [2.75, 3.05) is 49.3 Å². The van der Waals surface area contributed by atoms with E-state index in [1.807, 2.05) is 0 Å². The molecule has 1 aliphatic heterocycles. The topological polar surface area (TPSA) is 0 Å². The van der Waals surface area contributed by atoms with Gasteiger partial charge in [0.1, 0.15) is 0 Å². The third kappa shape index (κ3) is 17.8. The molecule has 0 radical (unpaired) electrons. The quantitative estimate of drug-likeness (QED) is 0.0471. The standard InChI is InChI=1S/C60H40F68P2/c61-29(62,33(69,70)37(77,78)41(85,86)45(93,94)49(101,102)53(109,110)57(117,118)119)11-19-129(20-12-30(63,64)34(71,72)38(79,80)42(87,88)46(95,96)50(103,104)54(111,112)58(120,121)122)15-7-25-3-1-4-26(23-25)8-16-130(18-10-28-6-2-5-27(24-28)9-17-129,21-13-31(65,66)35(73,74)39(81,82)43(89,90)47(97,98)51(105,106)55(113,114)59(123,124)125)22-14-32(67,68)36(75,76)40(83,84)44(91,92)48(99,100)52(107,108)56(115,116)60(126,127)128/h1-6,23-24H,7-22H2/q+2. The van der Waals surface area contributed by atoms with Crippen molar-refractivity contribution < 1.29 is 299 Å². The van der Waals surface area contributed by atoms with Crippen LogP contribution in [0, 0.1) is 0 Å². The van der Waals surface area contributed by atoms with Crippen molar-refractivity contribution in [3.05, 3.63) is 70.8 Å². The molecule has 3 rings (SSSR count). The lowest BCUT2D eigenvalue weighted by Crippen LogP contribution is -2.74. The third-order valence-corrected chi connectivity index (χ3v) is 29.6. The predicted octanol–water partition coefficient (Wildman–Crippen LogP) is 29.2. The Hall–Kier alpha value is -5.46. The summed E-state index contributed by atoms with van der Waals surface area (Å²) >= 11 is 0. The van der Waals surface area contributed by atoms with Gasteiger partial charge >= 0.3 is 191 Å². The van der Waals surface area contributed by atoms with Gasteiger partial charge in [0.25, 0.3) is 0 Å². The van der Waals surface area contributed by atoms with Crippen molar-refractivity contribution in [2.24, 2.45) is 0 Å². The van der Waals surface area contributed by atoms with Gasteiger partial charge in [-0.25, -0.2) is 0 Å². The lowest BCUT2D eigenvalue weighted by atomic mass is 9.88. The van der Waals surface area contributed by atoms with Crippen LogP contribution < -0.4 is 0 Å². The minimum atomic E-state index is -9.59. The highest BCUT2D eigenvalue weighted by Crippen LogP contribution is 2.74. The van der Waals surface area contributed by atoms with E-state index in [9.17, 15) is 193 Å². The van der Waals surface area contributed by atoms with Gasteiger partial charge in [-0.2, -0.15) is 299 Å². The Morgan fingerprint density at radius 2 is 0.262 bits per heavy atom. The fraction of sp³-hybridized carbons (Fsp3) is 0.800. The van der Waals surface area contributed by atoms with Crippen LogP contribution in [0.25, 0.3) is 0 Å². The lowest BCUT2D eigenvalue weighted by molar-refractivity contribution is -0.461. The number of halogens is 68. The molecule has 0 saturated heterocycles. The first-order valence-corrected chi connectivity index (χ1v) is 37.9. The molecule has 130 heavy (non-hydrogen) atoms. The Labute approximate surface area is 674 Å². The third-order valence-electron chi connectivity index (χ3n) is 20.2. The van der Waals surface area contributed by atoms with Gasteiger partial charge in [-0.15, -0.1) is 0 Å². The van der Waals surface area contributed by atoms with Crippen LogP contribution in [-0.4, -0.2) is 240 Å². The van der Waals surface area contributed by atoms with Gasteiger partial charge in [0.2, 0.25) is 0 Å². The van der Waals surface area contributed by atoms with Crippen molar-refractivity contribution >= 4 is 14.5 Å². The average molecular weight is 2110 g/mol. The van der Waals surface area contributed by atoms with Gasteiger partial charge < -0.3 is 0 Å². The second-order valence-corrected chi connectivity index (χ2v) is 37.7. The summed E-state index contributed by atoms with van der Waals surface area (Å²) in [5, 5.41) is 0. The van der Waals surface area contributed by atoms with Crippen LogP contribution in [0.5, 0.6) is 0 Å².